The maximum atomic E-state index is 14.0. The Hall–Kier alpha value is -2.04. The molecule has 0 amide bonds. The van der Waals surface area contributed by atoms with E-state index in [9.17, 15) is 4.39 Å². The molecule has 0 aliphatic rings. The van der Waals surface area contributed by atoms with Gasteiger partial charge in [-0.05, 0) is 24.3 Å². The molecule has 106 valence electrons. The zero-order valence-electron chi connectivity index (χ0n) is 10.6. The topological polar surface area (TPSA) is 52.0 Å². The highest BCUT2D eigenvalue weighted by atomic mass is 35.5. The molecule has 0 saturated carbocycles. The lowest BCUT2D eigenvalue weighted by molar-refractivity contribution is 0.433. The molecule has 0 spiro atoms. The SMILES string of the molecule is Nc1noc(-c2ccccc2F)c1-c1c(Cl)cccc1Cl. The molecule has 0 bridgehead atoms. The molecule has 0 atom stereocenters. The average molecular weight is 323 g/mol. The van der Waals surface area contributed by atoms with Crippen molar-refractivity contribution in [3.63, 3.8) is 0 Å². The van der Waals surface area contributed by atoms with Crippen molar-refractivity contribution in [3.8, 4) is 22.5 Å². The van der Waals surface area contributed by atoms with Crippen molar-refractivity contribution in [3.05, 3.63) is 58.3 Å². The van der Waals surface area contributed by atoms with Crippen molar-refractivity contribution in [1.82, 2.24) is 5.16 Å². The van der Waals surface area contributed by atoms with Crippen LogP contribution in [0.2, 0.25) is 10.0 Å². The molecule has 1 heterocycles. The highest BCUT2D eigenvalue weighted by molar-refractivity contribution is 6.39. The largest absolute Gasteiger partial charge is 0.380 e. The van der Waals surface area contributed by atoms with Crippen molar-refractivity contribution < 1.29 is 8.91 Å². The van der Waals surface area contributed by atoms with Crippen molar-refractivity contribution in [1.29, 1.82) is 0 Å². The third-order valence-electron chi connectivity index (χ3n) is 3.05. The number of benzene rings is 2. The molecule has 2 aromatic carbocycles. The van der Waals surface area contributed by atoms with Crippen molar-refractivity contribution in [2.24, 2.45) is 0 Å². The van der Waals surface area contributed by atoms with Crippen LogP contribution in [0.5, 0.6) is 0 Å². The van der Waals surface area contributed by atoms with E-state index in [1.807, 2.05) is 0 Å². The minimum atomic E-state index is -0.446. The Kier molecular flexibility index (Phi) is 3.57. The minimum Gasteiger partial charge on any atom is -0.380 e. The molecule has 0 saturated heterocycles. The fourth-order valence-electron chi connectivity index (χ4n) is 2.11. The maximum Gasteiger partial charge on any atom is 0.179 e. The van der Waals surface area contributed by atoms with Gasteiger partial charge in [-0.2, -0.15) is 0 Å². The summed E-state index contributed by atoms with van der Waals surface area (Å²) in [4.78, 5) is 0. The van der Waals surface area contributed by atoms with E-state index < -0.39 is 5.82 Å². The van der Waals surface area contributed by atoms with Crippen LogP contribution < -0.4 is 5.73 Å². The van der Waals surface area contributed by atoms with Gasteiger partial charge >= 0.3 is 0 Å². The minimum absolute atomic E-state index is 0.100. The lowest BCUT2D eigenvalue weighted by atomic mass is 10.0. The van der Waals surface area contributed by atoms with Crippen LogP contribution >= 0.6 is 23.2 Å². The summed E-state index contributed by atoms with van der Waals surface area (Å²) in [5.74, 6) is -0.151. The van der Waals surface area contributed by atoms with Gasteiger partial charge in [-0.3, -0.25) is 0 Å². The number of rotatable bonds is 2. The first-order valence-electron chi connectivity index (χ1n) is 6.04. The van der Waals surface area contributed by atoms with E-state index in [-0.39, 0.29) is 17.1 Å². The fraction of sp³-hybridized carbons (Fsp3) is 0. The van der Waals surface area contributed by atoms with Gasteiger partial charge in [-0.25, -0.2) is 4.39 Å². The Morgan fingerprint density at radius 3 is 2.29 bits per heavy atom. The number of hydrogen-bond acceptors (Lipinski definition) is 3. The molecule has 3 nitrogen and oxygen atoms in total. The second kappa shape index (κ2) is 5.39. The van der Waals surface area contributed by atoms with Gasteiger partial charge in [-0.1, -0.05) is 46.6 Å². The number of halogens is 3. The second-order valence-corrected chi connectivity index (χ2v) is 5.16. The van der Waals surface area contributed by atoms with Crippen LogP contribution in [0.4, 0.5) is 10.2 Å². The Morgan fingerprint density at radius 1 is 0.952 bits per heavy atom. The Morgan fingerprint density at radius 2 is 1.62 bits per heavy atom. The first kappa shape index (κ1) is 13.9. The number of anilines is 1. The van der Waals surface area contributed by atoms with Crippen LogP contribution in [-0.4, -0.2) is 5.16 Å². The van der Waals surface area contributed by atoms with Gasteiger partial charge in [0, 0.05) is 5.56 Å². The number of nitrogen functional groups attached to an aromatic ring is 1. The van der Waals surface area contributed by atoms with Crippen LogP contribution in [0.15, 0.2) is 47.0 Å². The van der Waals surface area contributed by atoms with Crippen molar-refractivity contribution >= 4 is 29.0 Å². The lowest BCUT2D eigenvalue weighted by Crippen LogP contribution is -1.91. The molecule has 0 aliphatic heterocycles. The Bertz CT molecular complexity index is 797. The predicted octanol–water partition coefficient (Wildman–Crippen LogP) is 5.04. The van der Waals surface area contributed by atoms with E-state index in [4.69, 9.17) is 33.5 Å². The zero-order chi connectivity index (χ0) is 15.0. The van der Waals surface area contributed by atoms with Crippen LogP contribution in [0.25, 0.3) is 22.5 Å². The van der Waals surface area contributed by atoms with E-state index in [1.54, 1.807) is 36.4 Å². The Labute approximate surface area is 130 Å². The maximum absolute atomic E-state index is 14.0. The third-order valence-corrected chi connectivity index (χ3v) is 3.68. The summed E-state index contributed by atoms with van der Waals surface area (Å²) in [6, 6.07) is 11.2. The molecule has 1 aromatic heterocycles. The van der Waals surface area contributed by atoms with Crippen LogP contribution in [-0.2, 0) is 0 Å². The summed E-state index contributed by atoms with van der Waals surface area (Å²) < 4.78 is 19.2. The molecule has 2 N–H and O–H groups in total. The number of aromatic nitrogens is 1. The fourth-order valence-corrected chi connectivity index (χ4v) is 2.70. The van der Waals surface area contributed by atoms with Crippen molar-refractivity contribution in [2.75, 3.05) is 5.73 Å². The molecule has 21 heavy (non-hydrogen) atoms. The predicted molar refractivity (Wildman–Crippen MR) is 81.8 cm³/mol. The first-order chi connectivity index (χ1) is 10.1. The molecular weight excluding hydrogens is 314 g/mol. The number of nitrogens with two attached hydrogens (primary N) is 1. The van der Waals surface area contributed by atoms with E-state index in [0.29, 0.717) is 21.2 Å². The van der Waals surface area contributed by atoms with Gasteiger partial charge < -0.3 is 10.3 Å². The monoisotopic (exact) mass is 322 g/mol. The molecule has 0 aliphatic carbocycles. The third kappa shape index (κ3) is 2.37. The summed E-state index contributed by atoms with van der Waals surface area (Å²) in [6.45, 7) is 0. The average Bonchev–Trinajstić information content (AvgIpc) is 2.81. The van der Waals surface area contributed by atoms with Gasteiger partial charge in [0.25, 0.3) is 0 Å². The van der Waals surface area contributed by atoms with Gasteiger partial charge in [0.2, 0.25) is 0 Å². The highest BCUT2D eigenvalue weighted by Crippen LogP contribution is 2.43. The number of hydrogen-bond donors (Lipinski definition) is 1. The standard InChI is InChI=1S/C15H9Cl2FN2O/c16-9-5-3-6-10(17)12(9)13-14(21-20-15(13)19)8-4-1-2-7-11(8)18/h1-7H,(H2,19,20). The molecule has 3 aromatic rings. The smallest absolute Gasteiger partial charge is 0.179 e. The molecule has 0 fully saturated rings. The molecular formula is C15H9Cl2FN2O. The summed E-state index contributed by atoms with van der Waals surface area (Å²) in [7, 11) is 0. The molecule has 6 heteroatoms. The van der Waals surface area contributed by atoms with Gasteiger partial charge in [-0.15, -0.1) is 0 Å². The summed E-state index contributed by atoms with van der Waals surface area (Å²) in [6.07, 6.45) is 0. The van der Waals surface area contributed by atoms with Crippen LogP contribution in [0.3, 0.4) is 0 Å². The van der Waals surface area contributed by atoms with E-state index in [0.717, 1.165) is 0 Å². The first-order valence-corrected chi connectivity index (χ1v) is 6.79. The summed E-state index contributed by atoms with van der Waals surface area (Å²) in [5.41, 5.74) is 6.95. The summed E-state index contributed by atoms with van der Waals surface area (Å²) >= 11 is 12.4. The quantitative estimate of drug-likeness (QED) is 0.719. The van der Waals surface area contributed by atoms with Crippen LogP contribution in [0, 0.1) is 5.82 Å². The van der Waals surface area contributed by atoms with Crippen molar-refractivity contribution in [2.45, 2.75) is 0 Å². The lowest BCUT2D eigenvalue weighted by Gasteiger charge is -2.07. The van der Waals surface area contributed by atoms with E-state index >= 15 is 0 Å². The summed E-state index contributed by atoms with van der Waals surface area (Å²) in [5, 5.41) is 4.48. The van der Waals surface area contributed by atoms with Crippen LogP contribution in [0.1, 0.15) is 0 Å². The van der Waals surface area contributed by atoms with E-state index in [1.165, 1.54) is 6.07 Å². The molecule has 3 rings (SSSR count). The zero-order valence-corrected chi connectivity index (χ0v) is 12.1. The van der Waals surface area contributed by atoms with Gasteiger partial charge in [0.15, 0.2) is 11.6 Å². The normalized spacial score (nSPS) is 10.8. The Balaban J connectivity index is 2.31. The molecule has 0 unspecified atom stereocenters. The van der Waals surface area contributed by atoms with E-state index in [2.05, 4.69) is 5.16 Å². The highest BCUT2D eigenvalue weighted by Gasteiger charge is 2.23. The number of nitrogens with zero attached hydrogens (tertiary/aromatic N) is 1. The van der Waals surface area contributed by atoms with Gasteiger partial charge in [0.1, 0.15) is 5.82 Å². The molecule has 0 radical (unpaired) electrons. The van der Waals surface area contributed by atoms with Gasteiger partial charge in [0.05, 0.1) is 21.2 Å². The second-order valence-electron chi connectivity index (χ2n) is 4.35.